The van der Waals surface area contributed by atoms with Crippen molar-refractivity contribution in [1.82, 2.24) is 0 Å². The largest absolute Gasteiger partial charge is 0.465 e. The summed E-state index contributed by atoms with van der Waals surface area (Å²) >= 11 is 1.32. The number of hydrogen-bond acceptors (Lipinski definition) is 4. The van der Waals surface area contributed by atoms with Gasteiger partial charge in [0.2, 0.25) is 5.91 Å². The molecule has 0 fully saturated rings. The van der Waals surface area contributed by atoms with Crippen molar-refractivity contribution in [3.63, 3.8) is 0 Å². The number of esters is 1. The van der Waals surface area contributed by atoms with E-state index in [1.165, 1.54) is 18.4 Å². The highest BCUT2D eigenvalue weighted by Crippen LogP contribution is 2.37. The number of nitrogens with one attached hydrogen (secondary N) is 1. The molecular formula is C26H21NO3S. The molecule has 1 aromatic heterocycles. The van der Waals surface area contributed by atoms with Gasteiger partial charge >= 0.3 is 5.97 Å². The molecule has 0 unspecified atom stereocenters. The van der Waals surface area contributed by atoms with Crippen LogP contribution in [-0.4, -0.2) is 19.0 Å². The van der Waals surface area contributed by atoms with Crippen molar-refractivity contribution in [1.29, 1.82) is 0 Å². The highest BCUT2D eigenvalue weighted by atomic mass is 32.1. The average molecular weight is 428 g/mol. The summed E-state index contributed by atoms with van der Waals surface area (Å²) in [5, 5.41) is 5.34. The lowest BCUT2D eigenvalue weighted by Gasteiger charge is -2.18. The molecule has 0 saturated carbocycles. The molecule has 5 heteroatoms. The van der Waals surface area contributed by atoms with Gasteiger partial charge in [-0.15, -0.1) is 11.3 Å². The Balaban J connectivity index is 1.73. The quantitative estimate of drug-likeness (QED) is 0.386. The van der Waals surface area contributed by atoms with E-state index in [1.54, 1.807) is 0 Å². The molecule has 0 atom stereocenters. The number of ether oxygens (including phenoxy) is 1. The highest BCUT2D eigenvalue weighted by Gasteiger charge is 2.27. The van der Waals surface area contributed by atoms with Crippen molar-refractivity contribution in [2.75, 3.05) is 12.4 Å². The Morgan fingerprint density at radius 2 is 1.32 bits per heavy atom. The summed E-state index contributed by atoms with van der Waals surface area (Å²) in [4.78, 5) is 26.1. The molecule has 0 aliphatic heterocycles. The molecular weight excluding hydrogens is 406 g/mol. The molecule has 3 aromatic carbocycles. The molecule has 0 saturated heterocycles. The number of rotatable bonds is 6. The minimum Gasteiger partial charge on any atom is -0.465 e. The Morgan fingerprint density at radius 1 is 0.806 bits per heavy atom. The van der Waals surface area contributed by atoms with Crippen LogP contribution in [0.3, 0.4) is 0 Å². The zero-order valence-electron chi connectivity index (χ0n) is 16.9. The molecule has 154 valence electrons. The van der Waals surface area contributed by atoms with Gasteiger partial charge in [-0.05, 0) is 16.7 Å². The number of carbonyl (C=O) groups is 2. The first kappa shape index (κ1) is 20.6. The van der Waals surface area contributed by atoms with Gasteiger partial charge in [-0.2, -0.15) is 0 Å². The molecule has 0 bridgehead atoms. The van der Waals surface area contributed by atoms with E-state index >= 15 is 0 Å². The zero-order chi connectivity index (χ0) is 21.6. The van der Waals surface area contributed by atoms with Gasteiger partial charge in [-0.25, -0.2) is 4.79 Å². The normalized spacial score (nSPS) is 10.6. The summed E-state index contributed by atoms with van der Waals surface area (Å²) in [5.41, 5.74) is 3.76. The predicted molar refractivity (Wildman–Crippen MR) is 124 cm³/mol. The Kier molecular flexibility index (Phi) is 6.24. The molecule has 0 aliphatic rings. The second kappa shape index (κ2) is 9.41. The molecule has 4 rings (SSSR count). The van der Waals surface area contributed by atoms with Gasteiger partial charge in [-0.1, -0.05) is 91.0 Å². The average Bonchev–Trinajstić information content (AvgIpc) is 3.24. The summed E-state index contributed by atoms with van der Waals surface area (Å²) < 4.78 is 5.03. The lowest BCUT2D eigenvalue weighted by Crippen LogP contribution is -2.23. The van der Waals surface area contributed by atoms with E-state index in [2.05, 4.69) is 5.32 Å². The first-order chi connectivity index (χ1) is 15.2. The summed E-state index contributed by atoms with van der Waals surface area (Å²) in [7, 11) is 1.34. The van der Waals surface area contributed by atoms with Crippen LogP contribution in [0.2, 0.25) is 0 Å². The van der Waals surface area contributed by atoms with E-state index in [-0.39, 0.29) is 5.91 Å². The minimum absolute atomic E-state index is 0.205. The monoisotopic (exact) mass is 427 g/mol. The second-order valence-corrected chi connectivity index (χ2v) is 7.83. The SMILES string of the molecule is COC(=O)c1c(-c2ccccc2)csc1NC(=O)C(c1ccccc1)c1ccccc1. The third kappa shape index (κ3) is 4.42. The molecule has 1 N–H and O–H groups in total. The molecule has 4 nitrogen and oxygen atoms in total. The van der Waals surface area contributed by atoms with Crippen LogP contribution in [0.5, 0.6) is 0 Å². The third-order valence-electron chi connectivity index (χ3n) is 5.03. The lowest BCUT2D eigenvalue weighted by molar-refractivity contribution is -0.116. The van der Waals surface area contributed by atoms with Crippen molar-refractivity contribution >= 4 is 28.2 Å². The highest BCUT2D eigenvalue weighted by molar-refractivity contribution is 7.15. The molecule has 0 radical (unpaired) electrons. The first-order valence-electron chi connectivity index (χ1n) is 9.85. The van der Waals surface area contributed by atoms with Crippen molar-refractivity contribution in [3.8, 4) is 11.1 Å². The van der Waals surface area contributed by atoms with Gasteiger partial charge in [0.05, 0.1) is 13.0 Å². The fourth-order valence-corrected chi connectivity index (χ4v) is 4.52. The van der Waals surface area contributed by atoms with Crippen LogP contribution in [0, 0.1) is 0 Å². The molecule has 0 spiro atoms. The van der Waals surface area contributed by atoms with E-state index in [0.29, 0.717) is 10.6 Å². The topological polar surface area (TPSA) is 55.4 Å². The Bertz CT molecular complexity index is 1130. The van der Waals surface area contributed by atoms with Gasteiger partial charge in [0.1, 0.15) is 10.6 Å². The van der Waals surface area contributed by atoms with E-state index in [0.717, 1.165) is 22.3 Å². The molecule has 4 aromatic rings. The minimum atomic E-state index is -0.504. The van der Waals surface area contributed by atoms with Crippen LogP contribution in [-0.2, 0) is 9.53 Å². The number of methoxy groups -OCH3 is 1. The number of anilines is 1. The maximum absolute atomic E-state index is 13.5. The lowest BCUT2D eigenvalue weighted by atomic mass is 9.90. The number of carbonyl (C=O) groups excluding carboxylic acids is 2. The van der Waals surface area contributed by atoms with Crippen molar-refractivity contribution in [2.24, 2.45) is 0 Å². The van der Waals surface area contributed by atoms with E-state index in [1.807, 2.05) is 96.4 Å². The molecule has 31 heavy (non-hydrogen) atoms. The number of amides is 1. The standard InChI is InChI=1S/C26H21NO3S/c1-30-26(29)23-21(18-11-5-2-6-12-18)17-31-25(23)27-24(28)22(19-13-7-3-8-14-19)20-15-9-4-10-16-20/h2-17,22H,1H3,(H,27,28). The number of thiophene rings is 1. The van der Waals surface area contributed by atoms with Crippen LogP contribution in [0.4, 0.5) is 5.00 Å². The smallest absolute Gasteiger partial charge is 0.341 e. The second-order valence-electron chi connectivity index (χ2n) is 6.95. The van der Waals surface area contributed by atoms with Gasteiger partial charge < -0.3 is 10.1 Å². The van der Waals surface area contributed by atoms with Gasteiger partial charge in [-0.3, -0.25) is 4.79 Å². The van der Waals surface area contributed by atoms with E-state index < -0.39 is 11.9 Å². The van der Waals surface area contributed by atoms with Gasteiger partial charge in [0.15, 0.2) is 0 Å². The summed E-state index contributed by atoms with van der Waals surface area (Å²) in [6.07, 6.45) is 0. The summed E-state index contributed by atoms with van der Waals surface area (Å²) in [5.74, 6) is -1.19. The summed E-state index contributed by atoms with van der Waals surface area (Å²) in [6, 6.07) is 28.8. The van der Waals surface area contributed by atoms with Crippen molar-refractivity contribution in [3.05, 3.63) is 113 Å². The Labute approximate surface area is 185 Å². The van der Waals surface area contributed by atoms with Crippen molar-refractivity contribution < 1.29 is 14.3 Å². The van der Waals surface area contributed by atoms with Gasteiger partial charge in [0.25, 0.3) is 0 Å². The fraction of sp³-hybridized carbons (Fsp3) is 0.0769. The van der Waals surface area contributed by atoms with Crippen LogP contribution >= 0.6 is 11.3 Å². The summed E-state index contributed by atoms with van der Waals surface area (Å²) in [6.45, 7) is 0. The molecule has 1 heterocycles. The van der Waals surface area contributed by atoms with Gasteiger partial charge in [0, 0.05) is 10.9 Å². The van der Waals surface area contributed by atoms with Crippen LogP contribution < -0.4 is 5.32 Å². The number of hydrogen-bond donors (Lipinski definition) is 1. The first-order valence-corrected chi connectivity index (χ1v) is 10.7. The Hall–Kier alpha value is -3.70. The molecule has 0 aliphatic carbocycles. The van der Waals surface area contributed by atoms with E-state index in [9.17, 15) is 9.59 Å². The maximum atomic E-state index is 13.5. The van der Waals surface area contributed by atoms with Crippen LogP contribution in [0.15, 0.2) is 96.4 Å². The van der Waals surface area contributed by atoms with E-state index in [4.69, 9.17) is 4.74 Å². The molecule has 1 amide bonds. The maximum Gasteiger partial charge on any atom is 0.341 e. The zero-order valence-corrected chi connectivity index (χ0v) is 17.8. The number of benzene rings is 3. The third-order valence-corrected chi connectivity index (χ3v) is 5.93. The van der Waals surface area contributed by atoms with Crippen LogP contribution in [0.25, 0.3) is 11.1 Å². The Morgan fingerprint density at radius 3 is 1.84 bits per heavy atom. The predicted octanol–water partition coefficient (Wildman–Crippen LogP) is 5.97. The van der Waals surface area contributed by atoms with Crippen molar-refractivity contribution in [2.45, 2.75) is 5.92 Å². The fourth-order valence-electron chi connectivity index (χ4n) is 3.56. The van der Waals surface area contributed by atoms with Crippen LogP contribution in [0.1, 0.15) is 27.4 Å².